The van der Waals surface area contributed by atoms with E-state index < -0.39 is 15.1 Å². The first-order chi connectivity index (χ1) is 14.1. The summed E-state index contributed by atoms with van der Waals surface area (Å²) >= 11 is 6.25. The van der Waals surface area contributed by atoms with Crippen LogP contribution in [0.25, 0.3) is 11.3 Å². The molecule has 1 N–H and O–H groups in total. The third-order valence-corrected chi connectivity index (χ3v) is 7.00. The molecule has 3 rings (SSSR count). The highest BCUT2D eigenvalue weighted by Gasteiger charge is 2.20. The number of hydrogen-bond donors (Lipinski definition) is 1. The van der Waals surface area contributed by atoms with Crippen molar-refractivity contribution in [3.63, 3.8) is 0 Å². The van der Waals surface area contributed by atoms with Crippen LogP contribution in [0.5, 0.6) is 11.8 Å². The predicted octanol–water partition coefficient (Wildman–Crippen LogP) is 4.22. The Morgan fingerprint density at radius 1 is 1.13 bits per heavy atom. The minimum Gasteiger partial charge on any atom is -0.422 e. The lowest BCUT2D eigenvalue weighted by molar-refractivity contribution is 0.438. The van der Waals surface area contributed by atoms with Gasteiger partial charge in [-0.1, -0.05) is 23.7 Å². The largest absolute Gasteiger partial charge is 0.422 e. The van der Waals surface area contributed by atoms with Crippen molar-refractivity contribution < 1.29 is 13.2 Å². The van der Waals surface area contributed by atoms with Crippen LogP contribution in [0.1, 0.15) is 30.7 Å². The van der Waals surface area contributed by atoms with E-state index in [1.807, 2.05) is 13.0 Å². The van der Waals surface area contributed by atoms with Crippen molar-refractivity contribution in [2.75, 3.05) is 0 Å². The van der Waals surface area contributed by atoms with Crippen LogP contribution >= 0.6 is 11.6 Å². The molecule has 9 heteroatoms. The van der Waals surface area contributed by atoms with Crippen LogP contribution in [0.2, 0.25) is 5.02 Å². The zero-order valence-electron chi connectivity index (χ0n) is 17.1. The molecule has 158 valence electrons. The first-order valence-electron chi connectivity index (χ1n) is 9.29. The number of hydrogen-bond acceptors (Lipinski definition) is 6. The van der Waals surface area contributed by atoms with Gasteiger partial charge >= 0.3 is 6.01 Å². The minimum absolute atomic E-state index is 0.0264. The Balaban J connectivity index is 2.12. The van der Waals surface area contributed by atoms with Crippen molar-refractivity contribution in [3.05, 3.63) is 68.7 Å². The molecule has 7 nitrogen and oxygen atoms in total. The van der Waals surface area contributed by atoms with Crippen LogP contribution in [0, 0.1) is 13.8 Å². The Labute approximate surface area is 180 Å². The fraction of sp³-hybridized carbons (Fsp3) is 0.286. The lowest BCUT2D eigenvalue weighted by Gasteiger charge is -2.13. The fourth-order valence-corrected chi connectivity index (χ4v) is 3.85. The zero-order valence-corrected chi connectivity index (χ0v) is 18.6. The summed E-state index contributed by atoms with van der Waals surface area (Å²) < 4.78 is 30.8. The van der Waals surface area contributed by atoms with Crippen molar-refractivity contribution in [3.8, 4) is 23.0 Å². The molecule has 0 aliphatic rings. The molecule has 0 saturated heterocycles. The number of H-pyrrole nitrogens is 1. The number of sulfone groups is 1. The third-order valence-electron chi connectivity index (χ3n) is 4.57. The van der Waals surface area contributed by atoms with E-state index >= 15 is 0 Å². The van der Waals surface area contributed by atoms with E-state index in [1.54, 1.807) is 45.0 Å². The maximum Gasteiger partial charge on any atom is 0.322 e. The molecule has 2 heterocycles. The van der Waals surface area contributed by atoms with Gasteiger partial charge in [0.05, 0.1) is 27.4 Å². The number of aryl methyl sites for hydroxylation is 2. The number of aromatic nitrogens is 3. The summed E-state index contributed by atoms with van der Waals surface area (Å²) in [5.74, 6) is 0.132. The van der Waals surface area contributed by atoms with Crippen molar-refractivity contribution >= 4 is 21.4 Å². The number of nitrogens with one attached hydrogen (secondary N) is 1. The lowest BCUT2D eigenvalue weighted by atomic mass is 10.1. The third kappa shape index (κ3) is 4.88. The van der Waals surface area contributed by atoms with Gasteiger partial charge in [0.1, 0.15) is 0 Å². The zero-order chi connectivity index (χ0) is 22.1. The van der Waals surface area contributed by atoms with Gasteiger partial charge in [0.25, 0.3) is 5.56 Å². The molecule has 0 fully saturated rings. The SMILES string of the molecule is Cc1cccc(Cl)c1Oc1nc(CS(=O)(=O)C(C)C)cc(-c2c[nH]c(=O)c(C)c2)n1. The summed E-state index contributed by atoms with van der Waals surface area (Å²) in [6.45, 7) is 6.75. The van der Waals surface area contributed by atoms with Crippen molar-refractivity contribution in [2.24, 2.45) is 0 Å². The first kappa shape index (κ1) is 22.0. The summed E-state index contributed by atoms with van der Waals surface area (Å²) in [4.78, 5) is 23.1. The predicted molar refractivity (Wildman–Crippen MR) is 117 cm³/mol. The molecule has 1 aromatic carbocycles. The van der Waals surface area contributed by atoms with Crippen LogP contribution in [-0.4, -0.2) is 28.6 Å². The number of rotatable bonds is 6. The van der Waals surface area contributed by atoms with Crippen molar-refractivity contribution in [1.29, 1.82) is 0 Å². The van der Waals surface area contributed by atoms with E-state index in [0.29, 0.717) is 27.6 Å². The van der Waals surface area contributed by atoms with Gasteiger partial charge in [-0.25, -0.2) is 8.42 Å². The first-order valence-corrected chi connectivity index (χ1v) is 11.4. The molecule has 3 aromatic rings. The van der Waals surface area contributed by atoms with E-state index in [1.165, 1.54) is 6.20 Å². The van der Waals surface area contributed by atoms with Crippen LogP contribution in [0.15, 0.2) is 41.3 Å². The highest BCUT2D eigenvalue weighted by molar-refractivity contribution is 7.91. The van der Waals surface area contributed by atoms with E-state index in [9.17, 15) is 13.2 Å². The molecule has 30 heavy (non-hydrogen) atoms. The van der Waals surface area contributed by atoms with Gasteiger partial charge in [0, 0.05) is 17.3 Å². The number of para-hydroxylation sites is 1. The minimum atomic E-state index is -3.40. The number of pyridine rings is 1. The highest BCUT2D eigenvalue weighted by Crippen LogP contribution is 2.32. The number of nitrogens with zero attached hydrogens (tertiary/aromatic N) is 2. The van der Waals surface area contributed by atoms with Crippen LogP contribution in [0.4, 0.5) is 0 Å². The molecular formula is C21H22ClN3O4S. The maximum absolute atomic E-state index is 12.5. The van der Waals surface area contributed by atoms with Gasteiger partial charge in [-0.05, 0) is 51.5 Å². The Kier molecular flexibility index (Phi) is 6.28. The Morgan fingerprint density at radius 3 is 2.50 bits per heavy atom. The fourth-order valence-electron chi connectivity index (χ4n) is 2.70. The smallest absolute Gasteiger partial charge is 0.322 e. The lowest BCUT2D eigenvalue weighted by Crippen LogP contribution is -2.17. The second-order valence-electron chi connectivity index (χ2n) is 7.27. The Hall–Kier alpha value is -2.71. The average Bonchev–Trinajstić information content (AvgIpc) is 2.66. The Bertz CT molecular complexity index is 1230. The van der Waals surface area contributed by atoms with Gasteiger partial charge in [-0.15, -0.1) is 0 Å². The summed E-state index contributed by atoms with van der Waals surface area (Å²) in [6.07, 6.45) is 1.52. The van der Waals surface area contributed by atoms with Gasteiger partial charge < -0.3 is 9.72 Å². The van der Waals surface area contributed by atoms with Gasteiger partial charge in [-0.3, -0.25) is 4.79 Å². The topological polar surface area (TPSA) is 102 Å². The van der Waals surface area contributed by atoms with E-state index in [2.05, 4.69) is 15.0 Å². The number of halogens is 1. The molecule has 0 atom stereocenters. The van der Waals surface area contributed by atoms with Gasteiger partial charge in [-0.2, -0.15) is 9.97 Å². The molecule has 0 radical (unpaired) electrons. The second kappa shape index (κ2) is 8.57. The van der Waals surface area contributed by atoms with Gasteiger partial charge in [0.15, 0.2) is 15.6 Å². The molecule has 0 spiro atoms. The molecule has 0 bridgehead atoms. The molecule has 0 aliphatic heterocycles. The standard InChI is InChI=1S/C21H22ClN3O4S/c1-12(2)30(27,28)11-16-9-18(15-8-14(4)20(26)23-10-15)25-21(24-16)29-19-13(3)6-5-7-17(19)22/h5-10,12H,11H2,1-4H3,(H,23,26). The quantitative estimate of drug-likeness (QED) is 0.607. The highest BCUT2D eigenvalue weighted by atomic mass is 35.5. The maximum atomic E-state index is 12.5. The average molecular weight is 448 g/mol. The van der Waals surface area contributed by atoms with E-state index in [0.717, 1.165) is 5.56 Å². The summed E-state index contributed by atoms with van der Waals surface area (Å²) in [6, 6.07) is 8.54. The second-order valence-corrected chi connectivity index (χ2v) is 10.2. The van der Waals surface area contributed by atoms with Crippen molar-refractivity contribution in [2.45, 2.75) is 38.7 Å². The van der Waals surface area contributed by atoms with Crippen LogP contribution in [0.3, 0.4) is 0 Å². The Morgan fingerprint density at radius 2 is 1.87 bits per heavy atom. The summed E-state index contributed by atoms with van der Waals surface area (Å²) in [5.41, 5.74) is 2.41. The molecule has 0 unspecified atom stereocenters. The molecule has 0 saturated carbocycles. The summed E-state index contributed by atoms with van der Waals surface area (Å²) in [7, 11) is -3.40. The summed E-state index contributed by atoms with van der Waals surface area (Å²) in [5, 5.41) is -0.165. The van der Waals surface area contributed by atoms with Crippen LogP contribution in [-0.2, 0) is 15.6 Å². The van der Waals surface area contributed by atoms with Crippen molar-refractivity contribution in [1.82, 2.24) is 15.0 Å². The molecule has 0 aliphatic carbocycles. The van der Waals surface area contributed by atoms with E-state index in [4.69, 9.17) is 16.3 Å². The van der Waals surface area contributed by atoms with E-state index in [-0.39, 0.29) is 23.0 Å². The number of aromatic amines is 1. The number of benzene rings is 1. The van der Waals surface area contributed by atoms with Gasteiger partial charge in [0.2, 0.25) is 0 Å². The normalized spacial score (nSPS) is 11.7. The van der Waals surface area contributed by atoms with Crippen LogP contribution < -0.4 is 10.3 Å². The molecule has 2 aromatic heterocycles. The molecular weight excluding hydrogens is 426 g/mol. The molecule has 0 amide bonds. The number of ether oxygens (including phenoxy) is 1. The monoisotopic (exact) mass is 447 g/mol.